The Morgan fingerprint density at radius 3 is 1.82 bits per heavy atom. The van der Waals surface area contributed by atoms with Crippen molar-refractivity contribution in [2.24, 2.45) is 11.7 Å². The summed E-state index contributed by atoms with van der Waals surface area (Å²) in [5, 5.41) is 24.9. The maximum Gasteiger partial charge on any atom is 0.321 e. The van der Waals surface area contributed by atoms with Crippen LogP contribution in [-0.2, 0) is 9.59 Å². The van der Waals surface area contributed by atoms with E-state index in [-0.39, 0.29) is 0 Å². The number of aliphatic carboxylic acids is 2. The molecule has 0 radical (unpaired) electrons. The van der Waals surface area contributed by atoms with Gasteiger partial charge in [0, 0.05) is 0 Å². The third-order valence-electron chi connectivity index (χ3n) is 1.23. The Bertz CT molecular complexity index is 168. The quantitative estimate of drug-likeness (QED) is 0.383. The van der Waals surface area contributed by atoms with E-state index in [9.17, 15) is 9.59 Å². The van der Waals surface area contributed by atoms with Gasteiger partial charge in [0.2, 0.25) is 0 Å². The minimum Gasteiger partial charge on any atom is -0.481 e. The van der Waals surface area contributed by atoms with Crippen molar-refractivity contribution in [3.05, 3.63) is 0 Å². The summed E-state index contributed by atoms with van der Waals surface area (Å²) < 4.78 is 0. The highest BCUT2D eigenvalue weighted by molar-refractivity contribution is 5.82. The van der Waals surface area contributed by atoms with Crippen molar-refractivity contribution in [2.75, 3.05) is 6.61 Å². The summed E-state index contributed by atoms with van der Waals surface area (Å²) >= 11 is 0. The Labute approximate surface area is 62.2 Å². The smallest absolute Gasteiger partial charge is 0.321 e. The number of hydrogen-bond donors (Lipinski definition) is 4. The second-order valence-corrected chi connectivity index (χ2v) is 1.99. The van der Waals surface area contributed by atoms with E-state index in [1.165, 1.54) is 0 Å². The highest BCUT2D eigenvalue weighted by atomic mass is 16.4. The van der Waals surface area contributed by atoms with Crippen LogP contribution in [0, 0.1) is 5.92 Å². The summed E-state index contributed by atoms with van der Waals surface area (Å²) in [6.45, 7) is -0.775. The monoisotopic (exact) mass is 163 g/mol. The Hall–Kier alpha value is -1.14. The van der Waals surface area contributed by atoms with Crippen molar-refractivity contribution < 1.29 is 24.9 Å². The van der Waals surface area contributed by atoms with E-state index in [2.05, 4.69) is 0 Å². The van der Waals surface area contributed by atoms with E-state index in [0.717, 1.165) is 0 Å². The van der Waals surface area contributed by atoms with Gasteiger partial charge in [-0.3, -0.25) is 9.59 Å². The molecule has 11 heavy (non-hydrogen) atoms. The van der Waals surface area contributed by atoms with Gasteiger partial charge < -0.3 is 21.1 Å². The minimum absolute atomic E-state index is 0.775. The molecule has 0 fully saturated rings. The van der Waals surface area contributed by atoms with Gasteiger partial charge >= 0.3 is 11.9 Å². The Morgan fingerprint density at radius 1 is 1.27 bits per heavy atom. The maximum absolute atomic E-state index is 10.2. The van der Waals surface area contributed by atoms with Crippen LogP contribution in [0.25, 0.3) is 0 Å². The van der Waals surface area contributed by atoms with Crippen molar-refractivity contribution in [1.82, 2.24) is 0 Å². The van der Waals surface area contributed by atoms with E-state index in [4.69, 9.17) is 21.1 Å². The molecular formula is C5H9NO5. The summed E-state index contributed by atoms with van der Waals surface area (Å²) in [4.78, 5) is 20.3. The first-order valence-corrected chi connectivity index (χ1v) is 2.82. The predicted octanol–water partition coefficient (Wildman–Crippen LogP) is -1.91. The van der Waals surface area contributed by atoms with Gasteiger partial charge in [-0.05, 0) is 0 Å². The second kappa shape index (κ2) is 3.89. The van der Waals surface area contributed by atoms with E-state index in [1.807, 2.05) is 0 Å². The fourth-order valence-corrected chi connectivity index (χ4v) is 0.517. The van der Waals surface area contributed by atoms with Crippen LogP contribution in [0.2, 0.25) is 0 Å². The number of hydrogen-bond acceptors (Lipinski definition) is 4. The molecule has 5 N–H and O–H groups in total. The third-order valence-corrected chi connectivity index (χ3v) is 1.23. The number of aliphatic hydroxyl groups excluding tert-OH is 1. The van der Waals surface area contributed by atoms with Crippen LogP contribution < -0.4 is 5.73 Å². The topological polar surface area (TPSA) is 121 Å². The van der Waals surface area contributed by atoms with Gasteiger partial charge in [0.1, 0.15) is 12.0 Å². The van der Waals surface area contributed by atoms with Crippen LogP contribution in [0.15, 0.2) is 0 Å². The zero-order valence-corrected chi connectivity index (χ0v) is 5.60. The first-order valence-electron chi connectivity index (χ1n) is 2.82. The van der Waals surface area contributed by atoms with Crippen molar-refractivity contribution in [1.29, 1.82) is 0 Å². The molecule has 2 atom stereocenters. The van der Waals surface area contributed by atoms with Crippen molar-refractivity contribution in [2.45, 2.75) is 6.04 Å². The number of nitrogens with two attached hydrogens (primary N) is 1. The van der Waals surface area contributed by atoms with E-state index in [0.29, 0.717) is 0 Å². The molecular weight excluding hydrogens is 154 g/mol. The van der Waals surface area contributed by atoms with Gasteiger partial charge in [0.25, 0.3) is 0 Å². The molecule has 0 aromatic carbocycles. The lowest BCUT2D eigenvalue weighted by Gasteiger charge is -2.12. The van der Waals surface area contributed by atoms with E-state index >= 15 is 0 Å². The van der Waals surface area contributed by atoms with Crippen LogP contribution >= 0.6 is 0 Å². The van der Waals surface area contributed by atoms with Gasteiger partial charge in [0.15, 0.2) is 0 Å². The molecule has 0 aliphatic carbocycles. The molecule has 0 saturated heterocycles. The molecule has 6 nitrogen and oxygen atoms in total. The minimum atomic E-state index is -1.56. The fraction of sp³-hybridized carbons (Fsp3) is 0.600. The number of carbonyl (C=O) groups is 2. The molecule has 0 saturated carbocycles. The van der Waals surface area contributed by atoms with E-state index < -0.39 is 30.5 Å². The van der Waals surface area contributed by atoms with Crippen molar-refractivity contribution >= 4 is 11.9 Å². The van der Waals surface area contributed by atoms with E-state index in [1.54, 1.807) is 0 Å². The summed E-state index contributed by atoms with van der Waals surface area (Å²) in [5.74, 6) is -4.29. The number of carboxylic acids is 2. The third kappa shape index (κ3) is 2.52. The molecule has 0 spiro atoms. The Balaban J connectivity index is 4.25. The number of carboxylic acid groups (broad SMARTS) is 2. The lowest BCUT2D eigenvalue weighted by molar-refractivity contribution is -0.151. The average molecular weight is 163 g/mol. The summed E-state index contributed by atoms with van der Waals surface area (Å²) in [7, 11) is 0. The highest BCUT2D eigenvalue weighted by Gasteiger charge is 2.29. The maximum atomic E-state index is 10.2. The molecule has 0 rings (SSSR count). The lowest BCUT2D eigenvalue weighted by atomic mass is 10.0. The normalized spacial score (nSPS) is 15.5. The number of rotatable bonds is 4. The molecule has 0 amide bonds. The molecule has 6 heteroatoms. The SMILES string of the molecule is N[C@H](C(=O)O)C(CO)C(=O)O. The standard InChI is InChI=1S/C5H9NO5/c6-3(5(10)11)2(1-7)4(8)9/h2-3,7H,1,6H2,(H,8,9)(H,10,11)/t2?,3-/m0/s1. The predicted molar refractivity (Wildman–Crippen MR) is 33.8 cm³/mol. The molecule has 0 aliphatic heterocycles. The zero-order valence-electron chi connectivity index (χ0n) is 5.60. The zero-order chi connectivity index (χ0) is 9.02. The van der Waals surface area contributed by atoms with Gasteiger partial charge in [0.05, 0.1) is 6.61 Å². The molecule has 0 bridgehead atoms. The van der Waals surface area contributed by atoms with Crippen LogP contribution in [0.3, 0.4) is 0 Å². The van der Waals surface area contributed by atoms with Gasteiger partial charge in [-0.1, -0.05) is 0 Å². The molecule has 0 aromatic rings. The Kier molecular flexibility index (Phi) is 3.49. The average Bonchev–Trinajstić information content (AvgIpc) is 1.88. The molecule has 64 valence electrons. The van der Waals surface area contributed by atoms with Crippen molar-refractivity contribution in [3.63, 3.8) is 0 Å². The summed E-state index contributed by atoms with van der Waals surface area (Å²) in [6, 6.07) is -1.56. The first-order chi connectivity index (χ1) is 5.00. The van der Waals surface area contributed by atoms with Crippen LogP contribution in [-0.4, -0.2) is 39.9 Å². The molecule has 0 aliphatic rings. The van der Waals surface area contributed by atoms with Crippen LogP contribution in [0.5, 0.6) is 0 Å². The summed E-state index contributed by atoms with van der Waals surface area (Å²) in [6.07, 6.45) is 0. The molecule has 1 unspecified atom stereocenters. The van der Waals surface area contributed by atoms with Crippen LogP contribution in [0.1, 0.15) is 0 Å². The van der Waals surface area contributed by atoms with Gasteiger partial charge in [-0.25, -0.2) is 0 Å². The van der Waals surface area contributed by atoms with Crippen molar-refractivity contribution in [3.8, 4) is 0 Å². The first kappa shape index (κ1) is 9.86. The van der Waals surface area contributed by atoms with Gasteiger partial charge in [-0.2, -0.15) is 0 Å². The molecule has 0 heterocycles. The highest BCUT2D eigenvalue weighted by Crippen LogP contribution is 2.00. The fourth-order valence-electron chi connectivity index (χ4n) is 0.517. The van der Waals surface area contributed by atoms with Gasteiger partial charge in [-0.15, -0.1) is 0 Å². The molecule has 0 aromatic heterocycles. The number of aliphatic hydroxyl groups is 1. The second-order valence-electron chi connectivity index (χ2n) is 1.99. The summed E-state index contributed by atoms with van der Waals surface area (Å²) in [5.41, 5.74) is 4.93. The Morgan fingerprint density at radius 2 is 1.73 bits per heavy atom. The largest absolute Gasteiger partial charge is 0.481 e. The van der Waals surface area contributed by atoms with Crippen LogP contribution in [0.4, 0.5) is 0 Å². The lowest BCUT2D eigenvalue weighted by Crippen LogP contribution is -2.43.